The van der Waals surface area contributed by atoms with Crippen molar-refractivity contribution in [3.05, 3.63) is 102 Å². The van der Waals surface area contributed by atoms with Crippen LogP contribution in [0.2, 0.25) is 0 Å². The minimum absolute atomic E-state index is 0.296. The molecule has 0 radical (unpaired) electrons. The van der Waals surface area contributed by atoms with Crippen LogP contribution in [0.5, 0.6) is 11.5 Å². The van der Waals surface area contributed by atoms with Crippen LogP contribution in [0.1, 0.15) is 23.6 Å². The second-order valence-electron chi connectivity index (χ2n) is 6.96. The van der Waals surface area contributed by atoms with Crippen LogP contribution in [0.25, 0.3) is 6.08 Å². The molecule has 0 fully saturated rings. The minimum Gasteiger partial charge on any atom is -0.489 e. The zero-order valence-electron chi connectivity index (χ0n) is 18.8. The Morgan fingerprint density at radius 3 is 2.21 bits per heavy atom. The van der Waals surface area contributed by atoms with E-state index >= 15 is 0 Å². The van der Waals surface area contributed by atoms with Gasteiger partial charge in [-0.05, 0) is 48.4 Å². The van der Waals surface area contributed by atoms with Crippen LogP contribution in [0.4, 0.5) is 0 Å². The molecular weight excluding hydrogens is 418 g/mol. The summed E-state index contributed by atoms with van der Waals surface area (Å²) in [5, 5.41) is 4.07. The first kappa shape index (κ1) is 23.6. The highest BCUT2D eigenvalue weighted by Crippen LogP contribution is 2.17. The minimum atomic E-state index is -0.354. The van der Waals surface area contributed by atoms with Gasteiger partial charge in [0.25, 0.3) is 0 Å². The smallest absolute Gasteiger partial charge is 0.330 e. The van der Waals surface area contributed by atoms with Gasteiger partial charge in [-0.15, -0.1) is 0 Å². The number of benzene rings is 3. The number of nitrogens with zero attached hydrogens (tertiary/aromatic N) is 1. The van der Waals surface area contributed by atoms with E-state index in [0.717, 1.165) is 28.2 Å². The molecule has 6 nitrogen and oxygen atoms in total. The number of carbonyl (C=O) groups is 1. The van der Waals surface area contributed by atoms with Gasteiger partial charge < -0.3 is 19.0 Å². The Hall–Kier alpha value is -4.06. The maximum absolute atomic E-state index is 11.4. The molecule has 0 atom stereocenters. The molecule has 0 N–H and O–H groups in total. The van der Waals surface area contributed by atoms with Crippen LogP contribution in [-0.2, 0) is 21.0 Å². The summed E-state index contributed by atoms with van der Waals surface area (Å²) in [5.74, 6) is 1.12. The van der Waals surface area contributed by atoms with Crippen LogP contribution >= 0.6 is 0 Å². The summed E-state index contributed by atoms with van der Waals surface area (Å²) in [7, 11) is 1.52. The molecule has 6 heteroatoms. The Morgan fingerprint density at radius 1 is 0.879 bits per heavy atom. The van der Waals surface area contributed by atoms with Crippen LogP contribution < -0.4 is 9.47 Å². The van der Waals surface area contributed by atoms with Crippen molar-refractivity contribution in [3.63, 3.8) is 0 Å². The number of carbonyl (C=O) groups excluding carboxylic acids is 1. The lowest BCUT2D eigenvalue weighted by atomic mass is 10.1. The molecule has 0 spiro atoms. The predicted octanol–water partition coefficient (Wildman–Crippen LogP) is 5.27. The number of ether oxygens (including phenoxy) is 3. The quantitative estimate of drug-likeness (QED) is 0.174. The van der Waals surface area contributed by atoms with Crippen molar-refractivity contribution in [1.29, 1.82) is 0 Å². The van der Waals surface area contributed by atoms with Gasteiger partial charge in [0, 0.05) is 11.6 Å². The molecule has 3 aromatic rings. The SMILES string of the molecule is CCOC(=O)C=Cc1ccc(OCc2ccc(OCC(=NOC)c3ccccc3)cc2)cc1. The van der Waals surface area contributed by atoms with Gasteiger partial charge in [0.15, 0.2) is 0 Å². The standard InChI is InChI=1S/C27H27NO5/c1-3-31-27(29)18-13-21-9-14-24(15-10-21)32-19-22-11-16-25(17-12-22)33-20-26(28-30-2)23-7-5-4-6-8-23/h4-18H,3,19-20H2,1-2H3. The Morgan fingerprint density at radius 2 is 1.55 bits per heavy atom. The molecule has 0 heterocycles. The summed E-state index contributed by atoms with van der Waals surface area (Å²) in [4.78, 5) is 16.3. The largest absolute Gasteiger partial charge is 0.489 e. The average Bonchev–Trinajstić information content (AvgIpc) is 2.86. The Balaban J connectivity index is 1.49. The van der Waals surface area contributed by atoms with E-state index in [1.165, 1.54) is 13.2 Å². The van der Waals surface area contributed by atoms with E-state index < -0.39 is 0 Å². The summed E-state index contributed by atoms with van der Waals surface area (Å²) in [6.07, 6.45) is 3.12. The van der Waals surface area contributed by atoms with Crippen molar-refractivity contribution in [2.75, 3.05) is 20.3 Å². The van der Waals surface area contributed by atoms with Gasteiger partial charge in [0.05, 0.1) is 6.61 Å². The second-order valence-corrected chi connectivity index (χ2v) is 6.96. The van der Waals surface area contributed by atoms with Gasteiger partial charge in [0.2, 0.25) is 0 Å². The highest BCUT2D eigenvalue weighted by Gasteiger charge is 2.06. The Bertz CT molecular complexity index is 1060. The lowest BCUT2D eigenvalue weighted by molar-refractivity contribution is -0.137. The summed E-state index contributed by atoms with van der Waals surface area (Å²) < 4.78 is 16.6. The van der Waals surface area contributed by atoms with E-state index in [2.05, 4.69) is 5.16 Å². The fraction of sp³-hybridized carbons (Fsp3) is 0.185. The topological polar surface area (TPSA) is 66.4 Å². The van der Waals surface area contributed by atoms with Crippen LogP contribution in [0.3, 0.4) is 0 Å². The van der Waals surface area contributed by atoms with E-state index in [-0.39, 0.29) is 5.97 Å². The van der Waals surface area contributed by atoms with Crippen LogP contribution in [0.15, 0.2) is 90.1 Å². The lowest BCUT2D eigenvalue weighted by Gasteiger charge is -2.10. The molecule has 0 aliphatic heterocycles. The van der Waals surface area contributed by atoms with Crippen molar-refractivity contribution < 1.29 is 23.8 Å². The van der Waals surface area contributed by atoms with Crippen LogP contribution in [0, 0.1) is 0 Å². The van der Waals surface area contributed by atoms with Gasteiger partial charge in [-0.1, -0.05) is 59.8 Å². The third kappa shape index (κ3) is 7.85. The van der Waals surface area contributed by atoms with E-state index in [9.17, 15) is 4.79 Å². The first-order valence-electron chi connectivity index (χ1n) is 10.6. The third-order valence-electron chi connectivity index (χ3n) is 4.59. The Labute approximate surface area is 194 Å². The molecule has 33 heavy (non-hydrogen) atoms. The van der Waals surface area contributed by atoms with Crippen molar-refractivity contribution in [2.45, 2.75) is 13.5 Å². The van der Waals surface area contributed by atoms with Crippen molar-refractivity contribution in [3.8, 4) is 11.5 Å². The summed E-state index contributed by atoms with van der Waals surface area (Å²) in [6.45, 7) is 2.86. The van der Waals surface area contributed by atoms with Crippen molar-refractivity contribution in [2.24, 2.45) is 5.16 Å². The summed E-state index contributed by atoms with van der Waals surface area (Å²) in [5.41, 5.74) is 3.57. The van der Waals surface area contributed by atoms with Gasteiger partial charge in [-0.25, -0.2) is 4.79 Å². The predicted molar refractivity (Wildman–Crippen MR) is 128 cm³/mol. The number of hydrogen-bond donors (Lipinski definition) is 0. The number of rotatable bonds is 11. The van der Waals surface area contributed by atoms with Gasteiger partial charge in [-0.3, -0.25) is 0 Å². The second kappa shape index (κ2) is 12.7. The molecule has 3 rings (SSSR count). The van der Waals surface area contributed by atoms with E-state index in [1.54, 1.807) is 13.0 Å². The molecule has 0 aliphatic rings. The third-order valence-corrected chi connectivity index (χ3v) is 4.59. The zero-order chi connectivity index (χ0) is 23.3. The summed E-state index contributed by atoms with van der Waals surface area (Å²) >= 11 is 0. The Kier molecular flexibility index (Phi) is 9.09. The van der Waals surface area contributed by atoms with Gasteiger partial charge in [0.1, 0.15) is 37.5 Å². The lowest BCUT2D eigenvalue weighted by Crippen LogP contribution is -2.13. The zero-order valence-corrected chi connectivity index (χ0v) is 18.8. The van der Waals surface area contributed by atoms with Crippen molar-refractivity contribution in [1.82, 2.24) is 0 Å². The number of esters is 1. The first-order chi connectivity index (χ1) is 16.2. The average molecular weight is 446 g/mol. The summed E-state index contributed by atoms with van der Waals surface area (Å²) in [6, 6.07) is 25.0. The van der Waals surface area contributed by atoms with Gasteiger partial charge >= 0.3 is 5.97 Å². The number of oxime groups is 1. The molecule has 0 saturated heterocycles. The highest BCUT2D eigenvalue weighted by molar-refractivity contribution is 6.01. The van der Waals surface area contributed by atoms with Gasteiger partial charge in [-0.2, -0.15) is 0 Å². The molecule has 3 aromatic carbocycles. The highest BCUT2D eigenvalue weighted by atomic mass is 16.6. The fourth-order valence-corrected chi connectivity index (χ4v) is 2.93. The van der Waals surface area contributed by atoms with E-state index in [4.69, 9.17) is 19.0 Å². The monoisotopic (exact) mass is 445 g/mol. The normalized spacial score (nSPS) is 11.3. The first-order valence-corrected chi connectivity index (χ1v) is 10.6. The molecular formula is C27H27NO5. The van der Waals surface area contributed by atoms with Crippen molar-refractivity contribution >= 4 is 17.8 Å². The van der Waals surface area contributed by atoms with Crippen LogP contribution in [-0.4, -0.2) is 32.0 Å². The molecule has 0 aliphatic carbocycles. The maximum atomic E-state index is 11.4. The fourth-order valence-electron chi connectivity index (χ4n) is 2.93. The molecule has 0 bridgehead atoms. The molecule has 0 unspecified atom stereocenters. The molecule has 0 amide bonds. The van der Waals surface area contributed by atoms with E-state index in [0.29, 0.717) is 25.5 Å². The molecule has 170 valence electrons. The molecule has 0 aromatic heterocycles. The van der Waals surface area contributed by atoms with E-state index in [1.807, 2.05) is 78.9 Å². The maximum Gasteiger partial charge on any atom is 0.330 e. The molecule has 0 saturated carbocycles. The number of hydrogen-bond acceptors (Lipinski definition) is 6.